The summed E-state index contributed by atoms with van der Waals surface area (Å²) in [5, 5.41) is 7.34. The fraction of sp³-hybridized carbons (Fsp3) is 0. The minimum Gasteiger partial charge on any atom is -0.309 e. The summed E-state index contributed by atoms with van der Waals surface area (Å²) in [6.45, 7) is 0. The lowest BCUT2D eigenvalue weighted by Gasteiger charge is -2.31. The summed E-state index contributed by atoms with van der Waals surface area (Å²) < 4.78 is 0. The van der Waals surface area contributed by atoms with Gasteiger partial charge in [-0.15, -0.1) is 0 Å². The van der Waals surface area contributed by atoms with Crippen molar-refractivity contribution in [3.05, 3.63) is 224 Å². The Hall–Kier alpha value is -7.22. The van der Waals surface area contributed by atoms with Gasteiger partial charge in [-0.05, 0) is 96.2 Å². The molecule has 0 aromatic heterocycles. The highest BCUT2D eigenvalue weighted by atomic mass is 15.1. The molecule has 0 aliphatic carbocycles. The number of anilines is 3. The zero-order valence-corrected chi connectivity index (χ0v) is 30.3. The molecular weight excluding hydrogens is 663 g/mol. The summed E-state index contributed by atoms with van der Waals surface area (Å²) in [5.41, 5.74) is 12.8. The second-order valence-electron chi connectivity index (χ2n) is 14.1. The van der Waals surface area contributed by atoms with Gasteiger partial charge in [-0.1, -0.05) is 194 Å². The molecule has 0 saturated carbocycles. The molecule has 0 N–H and O–H groups in total. The largest absolute Gasteiger partial charge is 0.309 e. The molecule has 0 radical (unpaired) electrons. The van der Waals surface area contributed by atoms with Crippen LogP contribution in [0.2, 0.25) is 0 Å². The molecule has 0 unspecified atom stereocenters. The molecule has 0 atom stereocenters. The normalized spacial score (nSPS) is 11.3. The first-order valence-corrected chi connectivity index (χ1v) is 18.9. The maximum atomic E-state index is 2.51. The molecule has 1 heteroatoms. The SMILES string of the molecule is c1ccc(-c2cccc(N(c3ccc(-c4ccccc4)c(-c4ccccc4)c3)c3c(-c4ccc5ccccc5c4)c4ccccc4c4ccccc34)c2)cc1. The van der Waals surface area contributed by atoms with E-state index in [1.165, 1.54) is 76.8 Å². The summed E-state index contributed by atoms with van der Waals surface area (Å²) in [6.07, 6.45) is 0. The van der Waals surface area contributed by atoms with Crippen LogP contribution in [0.25, 0.3) is 76.8 Å². The van der Waals surface area contributed by atoms with Gasteiger partial charge in [0.25, 0.3) is 0 Å². The van der Waals surface area contributed by atoms with Crippen LogP contribution >= 0.6 is 0 Å². The molecule has 1 nitrogen and oxygen atoms in total. The van der Waals surface area contributed by atoms with Crippen molar-refractivity contribution in [2.45, 2.75) is 0 Å². The lowest BCUT2D eigenvalue weighted by molar-refractivity contribution is 1.30. The molecule has 0 amide bonds. The molecular formula is C54H37N. The fourth-order valence-corrected chi connectivity index (χ4v) is 8.25. The van der Waals surface area contributed by atoms with Crippen LogP contribution in [0, 0.1) is 0 Å². The summed E-state index contributed by atoms with van der Waals surface area (Å²) in [5.74, 6) is 0. The minimum atomic E-state index is 1.09. The highest BCUT2D eigenvalue weighted by molar-refractivity contribution is 6.23. The Kier molecular flexibility index (Phi) is 8.24. The van der Waals surface area contributed by atoms with E-state index in [-0.39, 0.29) is 0 Å². The second kappa shape index (κ2) is 14.0. The molecule has 10 rings (SSSR count). The van der Waals surface area contributed by atoms with Crippen LogP contribution in [0.1, 0.15) is 0 Å². The van der Waals surface area contributed by atoms with Crippen molar-refractivity contribution in [1.82, 2.24) is 0 Å². The summed E-state index contributed by atoms with van der Waals surface area (Å²) in [4.78, 5) is 2.51. The molecule has 0 spiro atoms. The van der Waals surface area contributed by atoms with E-state index in [9.17, 15) is 0 Å². The Bertz CT molecular complexity index is 2970. The highest BCUT2D eigenvalue weighted by Gasteiger charge is 2.25. The van der Waals surface area contributed by atoms with Gasteiger partial charge < -0.3 is 4.90 Å². The fourth-order valence-electron chi connectivity index (χ4n) is 8.25. The van der Waals surface area contributed by atoms with Gasteiger partial charge in [-0.3, -0.25) is 0 Å². The van der Waals surface area contributed by atoms with E-state index >= 15 is 0 Å². The molecule has 0 aliphatic rings. The molecule has 10 aromatic carbocycles. The average Bonchev–Trinajstić information content (AvgIpc) is 3.27. The van der Waals surface area contributed by atoms with Crippen LogP contribution in [0.5, 0.6) is 0 Å². The molecule has 0 fully saturated rings. The van der Waals surface area contributed by atoms with Gasteiger partial charge >= 0.3 is 0 Å². The minimum absolute atomic E-state index is 1.09. The van der Waals surface area contributed by atoms with Crippen molar-refractivity contribution in [3.8, 4) is 44.5 Å². The van der Waals surface area contributed by atoms with E-state index < -0.39 is 0 Å². The highest BCUT2D eigenvalue weighted by Crippen LogP contribution is 2.51. The third-order valence-electron chi connectivity index (χ3n) is 10.8. The molecule has 258 valence electrons. The average molecular weight is 700 g/mol. The smallest absolute Gasteiger partial charge is 0.0624 e. The Balaban J connectivity index is 1.34. The maximum absolute atomic E-state index is 2.51. The predicted octanol–water partition coefficient (Wildman–Crippen LogP) is 15.3. The van der Waals surface area contributed by atoms with Crippen molar-refractivity contribution in [2.75, 3.05) is 4.90 Å². The zero-order valence-electron chi connectivity index (χ0n) is 30.3. The van der Waals surface area contributed by atoms with E-state index in [0.29, 0.717) is 0 Å². The predicted molar refractivity (Wildman–Crippen MR) is 235 cm³/mol. The monoisotopic (exact) mass is 699 g/mol. The molecule has 0 saturated heterocycles. The van der Waals surface area contributed by atoms with E-state index in [1.54, 1.807) is 0 Å². The lowest BCUT2D eigenvalue weighted by Crippen LogP contribution is -2.13. The Labute approximate surface area is 322 Å². The Morgan fingerprint density at radius 2 is 0.782 bits per heavy atom. The van der Waals surface area contributed by atoms with E-state index in [1.807, 2.05) is 0 Å². The van der Waals surface area contributed by atoms with Crippen molar-refractivity contribution in [2.24, 2.45) is 0 Å². The van der Waals surface area contributed by atoms with E-state index in [4.69, 9.17) is 0 Å². The van der Waals surface area contributed by atoms with Gasteiger partial charge in [0.05, 0.1) is 5.69 Å². The van der Waals surface area contributed by atoms with Crippen LogP contribution in [0.4, 0.5) is 17.1 Å². The summed E-state index contributed by atoms with van der Waals surface area (Å²) >= 11 is 0. The van der Waals surface area contributed by atoms with Crippen LogP contribution in [-0.4, -0.2) is 0 Å². The van der Waals surface area contributed by atoms with Crippen molar-refractivity contribution in [1.29, 1.82) is 0 Å². The number of rotatable bonds is 7. The molecule has 0 bridgehead atoms. The van der Waals surface area contributed by atoms with Crippen LogP contribution in [0.15, 0.2) is 224 Å². The third-order valence-corrected chi connectivity index (χ3v) is 10.8. The quantitative estimate of drug-likeness (QED) is 0.150. The first-order chi connectivity index (χ1) is 27.3. The van der Waals surface area contributed by atoms with Crippen molar-refractivity contribution >= 4 is 49.4 Å². The summed E-state index contributed by atoms with van der Waals surface area (Å²) in [6, 6.07) is 81.6. The van der Waals surface area contributed by atoms with Crippen molar-refractivity contribution < 1.29 is 0 Å². The summed E-state index contributed by atoms with van der Waals surface area (Å²) in [7, 11) is 0. The molecule has 0 heterocycles. The van der Waals surface area contributed by atoms with Gasteiger partial charge in [-0.25, -0.2) is 0 Å². The second-order valence-corrected chi connectivity index (χ2v) is 14.1. The van der Waals surface area contributed by atoms with Crippen LogP contribution in [-0.2, 0) is 0 Å². The topological polar surface area (TPSA) is 3.24 Å². The number of nitrogens with zero attached hydrogens (tertiary/aromatic N) is 1. The third kappa shape index (κ3) is 5.93. The van der Waals surface area contributed by atoms with Crippen molar-refractivity contribution in [3.63, 3.8) is 0 Å². The molecule has 10 aromatic rings. The Morgan fingerprint density at radius 3 is 1.49 bits per heavy atom. The maximum Gasteiger partial charge on any atom is 0.0624 e. The number of fused-ring (bicyclic) bond motifs is 4. The van der Waals surface area contributed by atoms with E-state index in [0.717, 1.165) is 17.1 Å². The number of benzene rings is 10. The standard InChI is InChI=1S/C54H37N/c1-4-17-38(18-5-1)43-25-16-26-45(36-43)55(46-33-34-47(40-20-6-2-7-21-40)52(37-46)41-22-8-3-9-23-41)54-51-30-15-13-28-49(51)48-27-12-14-29-50(48)53(54)44-32-31-39-19-10-11-24-42(39)35-44/h1-37H. The number of hydrogen-bond donors (Lipinski definition) is 0. The first kappa shape index (κ1) is 32.4. The Morgan fingerprint density at radius 1 is 0.255 bits per heavy atom. The zero-order chi connectivity index (χ0) is 36.6. The van der Waals surface area contributed by atoms with Gasteiger partial charge in [-0.2, -0.15) is 0 Å². The first-order valence-electron chi connectivity index (χ1n) is 18.9. The van der Waals surface area contributed by atoms with Gasteiger partial charge in [0.2, 0.25) is 0 Å². The molecule has 55 heavy (non-hydrogen) atoms. The van der Waals surface area contributed by atoms with Gasteiger partial charge in [0, 0.05) is 22.3 Å². The van der Waals surface area contributed by atoms with E-state index in [2.05, 4.69) is 229 Å². The van der Waals surface area contributed by atoms with Crippen LogP contribution in [0.3, 0.4) is 0 Å². The van der Waals surface area contributed by atoms with Gasteiger partial charge in [0.1, 0.15) is 0 Å². The lowest BCUT2D eigenvalue weighted by atomic mass is 9.88. The van der Waals surface area contributed by atoms with Crippen LogP contribution < -0.4 is 4.90 Å². The van der Waals surface area contributed by atoms with Gasteiger partial charge in [0.15, 0.2) is 0 Å². The molecule has 0 aliphatic heterocycles. The number of hydrogen-bond acceptors (Lipinski definition) is 1.